The fourth-order valence-electron chi connectivity index (χ4n) is 3.57. The van der Waals surface area contributed by atoms with E-state index in [0.29, 0.717) is 23.5 Å². The topological polar surface area (TPSA) is 34.9 Å². The minimum absolute atomic E-state index is 0.294. The van der Waals surface area contributed by atoms with Gasteiger partial charge in [0.1, 0.15) is 0 Å². The SMILES string of the molecule is O=C(c1cnn(-c2ccccc2)c1)C1C2CCCC21. The van der Waals surface area contributed by atoms with Crippen molar-refractivity contribution in [2.24, 2.45) is 17.8 Å². The van der Waals surface area contributed by atoms with Crippen LogP contribution in [0.4, 0.5) is 0 Å². The van der Waals surface area contributed by atoms with E-state index in [0.717, 1.165) is 11.3 Å². The van der Waals surface area contributed by atoms with E-state index >= 15 is 0 Å². The molecule has 1 heterocycles. The molecule has 2 fully saturated rings. The number of benzene rings is 1. The minimum Gasteiger partial charge on any atom is -0.294 e. The van der Waals surface area contributed by atoms with Gasteiger partial charge in [-0.2, -0.15) is 5.10 Å². The van der Waals surface area contributed by atoms with Crippen LogP contribution in [0.3, 0.4) is 0 Å². The smallest absolute Gasteiger partial charge is 0.169 e. The Morgan fingerprint density at radius 1 is 1.16 bits per heavy atom. The summed E-state index contributed by atoms with van der Waals surface area (Å²) >= 11 is 0. The van der Waals surface area contributed by atoms with Gasteiger partial charge in [0.2, 0.25) is 0 Å². The van der Waals surface area contributed by atoms with Crippen LogP contribution in [0.1, 0.15) is 29.6 Å². The highest BCUT2D eigenvalue weighted by Gasteiger charge is 2.56. The maximum atomic E-state index is 12.4. The lowest BCUT2D eigenvalue weighted by molar-refractivity contribution is 0.0951. The normalized spacial score (nSPS) is 28.1. The van der Waals surface area contributed by atoms with Crippen LogP contribution >= 0.6 is 0 Å². The summed E-state index contributed by atoms with van der Waals surface area (Å²) in [4.78, 5) is 12.4. The van der Waals surface area contributed by atoms with E-state index in [-0.39, 0.29) is 0 Å². The van der Waals surface area contributed by atoms with Gasteiger partial charge in [-0.3, -0.25) is 4.79 Å². The number of ketones is 1. The molecule has 0 bridgehead atoms. The molecule has 1 aromatic heterocycles. The summed E-state index contributed by atoms with van der Waals surface area (Å²) in [5.74, 6) is 1.94. The largest absolute Gasteiger partial charge is 0.294 e. The van der Waals surface area contributed by atoms with Gasteiger partial charge in [-0.05, 0) is 36.8 Å². The average Bonchev–Trinajstić information content (AvgIpc) is 2.89. The second-order valence-electron chi connectivity index (χ2n) is 5.66. The van der Waals surface area contributed by atoms with Crippen molar-refractivity contribution < 1.29 is 4.79 Å². The Morgan fingerprint density at radius 2 is 1.89 bits per heavy atom. The van der Waals surface area contributed by atoms with Gasteiger partial charge in [-0.25, -0.2) is 4.68 Å². The molecule has 1 aromatic carbocycles. The van der Waals surface area contributed by atoms with Crippen LogP contribution in [0.5, 0.6) is 0 Å². The summed E-state index contributed by atoms with van der Waals surface area (Å²) in [5, 5.41) is 4.31. The quantitative estimate of drug-likeness (QED) is 0.787. The number of carbonyl (C=O) groups excluding carboxylic acids is 1. The number of hydrogen-bond acceptors (Lipinski definition) is 2. The minimum atomic E-state index is 0.294. The molecule has 0 radical (unpaired) electrons. The first-order valence-electron chi connectivity index (χ1n) is 6.99. The molecular weight excluding hydrogens is 236 g/mol. The van der Waals surface area contributed by atoms with E-state index in [2.05, 4.69) is 5.10 Å². The molecule has 2 aromatic rings. The number of rotatable bonds is 3. The van der Waals surface area contributed by atoms with Gasteiger partial charge < -0.3 is 0 Å². The van der Waals surface area contributed by atoms with Crippen LogP contribution in [-0.2, 0) is 0 Å². The molecule has 0 aliphatic heterocycles. The standard InChI is InChI=1S/C16H16N2O/c19-16(15-13-7-4-8-14(13)15)11-9-17-18(10-11)12-5-2-1-3-6-12/h1-3,5-6,9-10,13-15H,4,7-8H2. The molecule has 2 saturated carbocycles. The number of carbonyl (C=O) groups is 1. The number of aromatic nitrogens is 2. The molecule has 0 amide bonds. The Bertz CT molecular complexity index is 607. The van der Waals surface area contributed by atoms with Crippen molar-refractivity contribution in [1.29, 1.82) is 0 Å². The molecule has 2 unspecified atom stereocenters. The maximum Gasteiger partial charge on any atom is 0.169 e. The zero-order chi connectivity index (χ0) is 12.8. The van der Waals surface area contributed by atoms with Gasteiger partial charge in [-0.1, -0.05) is 24.6 Å². The first-order chi connectivity index (χ1) is 9.34. The van der Waals surface area contributed by atoms with Gasteiger partial charge in [0.05, 0.1) is 17.4 Å². The fraction of sp³-hybridized carbons (Fsp3) is 0.375. The molecule has 3 heteroatoms. The zero-order valence-corrected chi connectivity index (χ0v) is 10.7. The lowest BCUT2D eigenvalue weighted by Gasteiger charge is -2.00. The van der Waals surface area contributed by atoms with Crippen LogP contribution in [0, 0.1) is 17.8 Å². The third-order valence-corrected chi connectivity index (χ3v) is 4.60. The van der Waals surface area contributed by atoms with E-state index in [9.17, 15) is 4.79 Å². The Labute approximate surface area is 112 Å². The molecule has 0 N–H and O–H groups in total. The van der Waals surface area contributed by atoms with Gasteiger partial charge in [0, 0.05) is 12.1 Å². The van der Waals surface area contributed by atoms with Crippen molar-refractivity contribution in [3.05, 3.63) is 48.3 Å². The van der Waals surface area contributed by atoms with Crippen molar-refractivity contribution in [3.63, 3.8) is 0 Å². The van der Waals surface area contributed by atoms with Crippen molar-refractivity contribution in [2.75, 3.05) is 0 Å². The molecule has 0 saturated heterocycles. The predicted octanol–water partition coefficient (Wildman–Crippen LogP) is 3.10. The number of para-hydroxylation sites is 1. The molecule has 19 heavy (non-hydrogen) atoms. The summed E-state index contributed by atoms with van der Waals surface area (Å²) in [5.41, 5.74) is 1.76. The summed E-state index contributed by atoms with van der Waals surface area (Å²) in [6, 6.07) is 9.91. The number of Topliss-reactive ketones (excluding diaryl/α,β-unsaturated/α-hetero) is 1. The first-order valence-corrected chi connectivity index (χ1v) is 6.99. The summed E-state index contributed by atoms with van der Waals surface area (Å²) in [7, 11) is 0. The van der Waals surface area contributed by atoms with Gasteiger partial charge >= 0.3 is 0 Å². The molecule has 0 spiro atoms. The third-order valence-electron chi connectivity index (χ3n) is 4.60. The molecular formula is C16H16N2O. The van der Waals surface area contributed by atoms with Crippen molar-refractivity contribution in [2.45, 2.75) is 19.3 Å². The van der Waals surface area contributed by atoms with Gasteiger partial charge in [-0.15, -0.1) is 0 Å². The average molecular weight is 252 g/mol. The third kappa shape index (κ3) is 1.72. The van der Waals surface area contributed by atoms with Crippen LogP contribution in [-0.4, -0.2) is 15.6 Å². The van der Waals surface area contributed by atoms with Crippen LogP contribution in [0.15, 0.2) is 42.7 Å². The second-order valence-corrected chi connectivity index (χ2v) is 5.66. The molecule has 96 valence electrons. The van der Waals surface area contributed by atoms with Crippen molar-refractivity contribution in [1.82, 2.24) is 9.78 Å². The number of nitrogens with zero attached hydrogens (tertiary/aromatic N) is 2. The van der Waals surface area contributed by atoms with Gasteiger partial charge in [0.25, 0.3) is 0 Å². The molecule has 2 aliphatic carbocycles. The van der Waals surface area contributed by atoms with Crippen molar-refractivity contribution in [3.8, 4) is 5.69 Å². The highest BCUT2D eigenvalue weighted by molar-refractivity contribution is 5.99. The maximum absolute atomic E-state index is 12.4. The fourth-order valence-corrected chi connectivity index (χ4v) is 3.57. The predicted molar refractivity (Wildman–Crippen MR) is 72.2 cm³/mol. The molecule has 4 rings (SSSR count). The Balaban J connectivity index is 1.57. The van der Waals surface area contributed by atoms with E-state index in [1.165, 1.54) is 19.3 Å². The lowest BCUT2D eigenvalue weighted by Crippen LogP contribution is -2.05. The van der Waals surface area contributed by atoms with E-state index in [1.54, 1.807) is 10.9 Å². The van der Waals surface area contributed by atoms with Crippen LogP contribution < -0.4 is 0 Å². The molecule has 2 aliphatic rings. The highest BCUT2D eigenvalue weighted by Crippen LogP contribution is 2.58. The second kappa shape index (κ2) is 4.05. The van der Waals surface area contributed by atoms with Crippen LogP contribution in [0.2, 0.25) is 0 Å². The lowest BCUT2D eigenvalue weighted by atomic mass is 10.0. The summed E-state index contributed by atoms with van der Waals surface area (Å²) in [6.07, 6.45) is 7.37. The Hall–Kier alpha value is -1.90. The van der Waals surface area contributed by atoms with Crippen molar-refractivity contribution >= 4 is 5.78 Å². The highest BCUT2D eigenvalue weighted by atomic mass is 16.1. The van der Waals surface area contributed by atoms with Crippen LogP contribution in [0.25, 0.3) is 5.69 Å². The molecule has 2 atom stereocenters. The van der Waals surface area contributed by atoms with E-state index < -0.39 is 0 Å². The monoisotopic (exact) mass is 252 g/mol. The number of fused-ring (bicyclic) bond motifs is 1. The van der Waals surface area contributed by atoms with E-state index in [4.69, 9.17) is 0 Å². The first kappa shape index (κ1) is 11.0. The summed E-state index contributed by atoms with van der Waals surface area (Å²) in [6.45, 7) is 0. The molecule has 3 nitrogen and oxygen atoms in total. The van der Waals surface area contributed by atoms with E-state index in [1.807, 2.05) is 36.5 Å². The summed E-state index contributed by atoms with van der Waals surface area (Å²) < 4.78 is 1.78. The number of hydrogen-bond donors (Lipinski definition) is 0. The Morgan fingerprint density at radius 3 is 2.63 bits per heavy atom. The zero-order valence-electron chi connectivity index (χ0n) is 10.7. The van der Waals surface area contributed by atoms with Gasteiger partial charge in [0.15, 0.2) is 5.78 Å². The Kier molecular flexibility index (Phi) is 2.34.